The molecule has 2 N–H and O–H groups in total. The third kappa shape index (κ3) is 3.28. The summed E-state index contributed by atoms with van der Waals surface area (Å²) in [4.78, 5) is 17.2. The van der Waals surface area contributed by atoms with Crippen LogP contribution in [0.15, 0.2) is 17.5 Å². The van der Waals surface area contributed by atoms with Crippen LogP contribution in [0.1, 0.15) is 28.4 Å². The second-order valence-electron chi connectivity index (χ2n) is 4.04. The molecule has 2 rings (SSSR count). The van der Waals surface area contributed by atoms with E-state index in [9.17, 15) is 4.79 Å². The van der Waals surface area contributed by atoms with Crippen molar-refractivity contribution in [3.63, 3.8) is 0 Å². The molecule has 96 valence electrons. The van der Waals surface area contributed by atoms with Gasteiger partial charge in [-0.1, -0.05) is 6.07 Å². The number of rotatable bonds is 4. The Balaban J connectivity index is 1.97. The van der Waals surface area contributed by atoms with Crippen LogP contribution in [0.2, 0.25) is 0 Å². The van der Waals surface area contributed by atoms with E-state index in [4.69, 9.17) is 12.2 Å². The zero-order chi connectivity index (χ0) is 13.1. The topological polar surface area (TPSA) is 44.9 Å². The molecule has 0 aliphatic heterocycles. The lowest BCUT2D eigenvalue weighted by Crippen LogP contribution is -2.27. The Morgan fingerprint density at radius 3 is 2.94 bits per heavy atom. The summed E-state index contributed by atoms with van der Waals surface area (Å²) < 4.78 is 0.724. The third-order valence-corrected chi connectivity index (χ3v) is 4.98. The predicted molar refractivity (Wildman–Crippen MR) is 78.8 cm³/mol. The number of thiophene rings is 1. The van der Waals surface area contributed by atoms with Crippen molar-refractivity contribution < 1.29 is 4.79 Å². The number of aryl methyl sites for hydroxylation is 1. The molecule has 2 aromatic rings. The Kier molecular flexibility index (Phi) is 4.31. The first kappa shape index (κ1) is 13.5. The maximum Gasteiger partial charge on any atom is 0.225 e. The largest absolute Gasteiger partial charge is 0.348 e. The van der Waals surface area contributed by atoms with Gasteiger partial charge in [0.2, 0.25) is 5.91 Å². The van der Waals surface area contributed by atoms with E-state index in [1.807, 2.05) is 31.4 Å². The molecule has 0 saturated heterocycles. The molecule has 6 heteroatoms. The second kappa shape index (κ2) is 5.77. The molecule has 0 saturated carbocycles. The van der Waals surface area contributed by atoms with Crippen LogP contribution in [0.25, 0.3) is 0 Å². The van der Waals surface area contributed by atoms with Crippen LogP contribution >= 0.6 is 34.9 Å². The van der Waals surface area contributed by atoms with Crippen molar-refractivity contribution in [2.24, 2.45) is 0 Å². The van der Waals surface area contributed by atoms with Crippen LogP contribution in [0, 0.1) is 10.9 Å². The molecule has 1 amide bonds. The molecular weight excluding hydrogens is 284 g/mol. The standard InChI is InChI=1S/C12H14N2OS3/c1-7(9-4-3-5-17-9)13-11(15)6-10-8(2)14-12(16)18-10/h3-5,7H,6H2,1-2H3,(H,13,15)(H,14,16). The number of aromatic nitrogens is 1. The number of amides is 1. The van der Waals surface area contributed by atoms with Crippen LogP contribution in [0.3, 0.4) is 0 Å². The van der Waals surface area contributed by atoms with Gasteiger partial charge in [-0.15, -0.1) is 22.7 Å². The summed E-state index contributed by atoms with van der Waals surface area (Å²) in [6.07, 6.45) is 0.388. The smallest absolute Gasteiger partial charge is 0.225 e. The lowest BCUT2D eigenvalue weighted by atomic mass is 10.2. The molecule has 3 nitrogen and oxygen atoms in total. The number of thiazole rings is 1. The van der Waals surface area contributed by atoms with Crippen molar-refractivity contribution in [1.29, 1.82) is 0 Å². The first-order chi connectivity index (χ1) is 8.56. The van der Waals surface area contributed by atoms with Crippen molar-refractivity contribution in [1.82, 2.24) is 10.3 Å². The summed E-state index contributed by atoms with van der Waals surface area (Å²) in [6.45, 7) is 3.94. The molecule has 0 fully saturated rings. The van der Waals surface area contributed by atoms with E-state index >= 15 is 0 Å². The number of aromatic amines is 1. The monoisotopic (exact) mass is 298 g/mol. The van der Waals surface area contributed by atoms with Gasteiger partial charge < -0.3 is 10.3 Å². The van der Waals surface area contributed by atoms with Crippen LogP contribution in [-0.2, 0) is 11.2 Å². The van der Waals surface area contributed by atoms with E-state index in [0.29, 0.717) is 6.42 Å². The van der Waals surface area contributed by atoms with Crippen LogP contribution in [0.4, 0.5) is 0 Å². The summed E-state index contributed by atoms with van der Waals surface area (Å²) in [5, 5.41) is 5.01. The molecule has 0 aliphatic rings. The first-order valence-corrected chi connectivity index (χ1v) is 7.68. The van der Waals surface area contributed by atoms with Crippen molar-refractivity contribution in [2.75, 3.05) is 0 Å². The van der Waals surface area contributed by atoms with E-state index in [-0.39, 0.29) is 11.9 Å². The summed E-state index contributed by atoms with van der Waals surface area (Å²) in [7, 11) is 0. The molecule has 2 heterocycles. The van der Waals surface area contributed by atoms with E-state index in [1.54, 1.807) is 11.3 Å². The Morgan fingerprint density at radius 1 is 1.61 bits per heavy atom. The molecule has 18 heavy (non-hydrogen) atoms. The molecule has 0 spiro atoms. The fourth-order valence-electron chi connectivity index (χ4n) is 1.65. The zero-order valence-corrected chi connectivity index (χ0v) is 12.6. The molecule has 1 atom stereocenters. The van der Waals surface area contributed by atoms with Crippen molar-refractivity contribution in [3.8, 4) is 0 Å². The molecular formula is C12H14N2OS3. The average Bonchev–Trinajstić information content (AvgIpc) is 2.89. The molecule has 0 bridgehead atoms. The lowest BCUT2D eigenvalue weighted by molar-refractivity contribution is -0.121. The van der Waals surface area contributed by atoms with Gasteiger partial charge in [-0.2, -0.15) is 0 Å². The summed E-state index contributed by atoms with van der Waals surface area (Å²) in [6, 6.07) is 4.08. The highest BCUT2D eigenvalue weighted by Crippen LogP contribution is 2.19. The van der Waals surface area contributed by atoms with Gasteiger partial charge in [0, 0.05) is 15.4 Å². The first-order valence-electron chi connectivity index (χ1n) is 5.57. The molecule has 0 aromatic carbocycles. The Labute approximate surface area is 119 Å². The van der Waals surface area contributed by atoms with Crippen LogP contribution in [0.5, 0.6) is 0 Å². The Morgan fingerprint density at radius 2 is 2.39 bits per heavy atom. The lowest BCUT2D eigenvalue weighted by Gasteiger charge is -2.11. The Hall–Kier alpha value is -0.980. The summed E-state index contributed by atoms with van der Waals surface area (Å²) in [5.41, 5.74) is 0.990. The second-order valence-corrected chi connectivity index (χ2v) is 6.80. The zero-order valence-electron chi connectivity index (χ0n) is 10.1. The van der Waals surface area contributed by atoms with Gasteiger partial charge in [0.1, 0.15) is 0 Å². The van der Waals surface area contributed by atoms with E-state index in [0.717, 1.165) is 14.5 Å². The van der Waals surface area contributed by atoms with Gasteiger partial charge >= 0.3 is 0 Å². The molecule has 1 unspecified atom stereocenters. The normalized spacial score (nSPS) is 12.3. The average molecular weight is 298 g/mol. The molecule has 0 radical (unpaired) electrons. The highest BCUT2D eigenvalue weighted by Gasteiger charge is 2.13. The number of H-pyrrole nitrogens is 1. The van der Waals surface area contributed by atoms with Gasteiger partial charge in [-0.3, -0.25) is 4.79 Å². The number of nitrogens with one attached hydrogen (secondary N) is 2. The summed E-state index contributed by atoms with van der Waals surface area (Å²) in [5.74, 6) is 0.0317. The van der Waals surface area contributed by atoms with E-state index in [1.165, 1.54) is 16.2 Å². The van der Waals surface area contributed by atoms with Crippen molar-refractivity contribution in [2.45, 2.75) is 26.3 Å². The van der Waals surface area contributed by atoms with Gasteiger partial charge in [-0.05, 0) is 37.5 Å². The number of carbonyl (C=O) groups is 1. The fraction of sp³-hybridized carbons (Fsp3) is 0.333. The minimum atomic E-state index is 0.0317. The van der Waals surface area contributed by atoms with Crippen LogP contribution < -0.4 is 5.32 Å². The number of hydrogen-bond donors (Lipinski definition) is 2. The van der Waals surface area contributed by atoms with Crippen molar-refractivity contribution in [3.05, 3.63) is 36.9 Å². The van der Waals surface area contributed by atoms with Gasteiger partial charge in [0.25, 0.3) is 0 Å². The Bertz CT molecular complexity index is 583. The maximum absolute atomic E-state index is 11.9. The predicted octanol–water partition coefficient (Wildman–Crippen LogP) is 3.60. The van der Waals surface area contributed by atoms with E-state index < -0.39 is 0 Å². The highest BCUT2D eigenvalue weighted by molar-refractivity contribution is 7.73. The van der Waals surface area contributed by atoms with Gasteiger partial charge in [0.15, 0.2) is 3.95 Å². The number of hydrogen-bond acceptors (Lipinski definition) is 4. The maximum atomic E-state index is 11.9. The van der Waals surface area contributed by atoms with E-state index in [2.05, 4.69) is 10.3 Å². The van der Waals surface area contributed by atoms with Crippen molar-refractivity contribution >= 4 is 40.8 Å². The quantitative estimate of drug-likeness (QED) is 0.847. The summed E-state index contributed by atoms with van der Waals surface area (Å²) >= 11 is 8.18. The molecule has 0 aliphatic carbocycles. The number of carbonyl (C=O) groups excluding carboxylic acids is 1. The fourth-order valence-corrected chi connectivity index (χ4v) is 3.68. The highest BCUT2D eigenvalue weighted by atomic mass is 32.1. The van der Waals surface area contributed by atoms with Crippen LogP contribution in [-0.4, -0.2) is 10.9 Å². The van der Waals surface area contributed by atoms with Gasteiger partial charge in [0.05, 0.1) is 12.5 Å². The molecule has 2 aromatic heterocycles. The SMILES string of the molecule is Cc1[nH]c(=S)sc1CC(=O)NC(C)c1cccs1. The van der Waals surface area contributed by atoms with Gasteiger partial charge in [-0.25, -0.2) is 0 Å². The minimum Gasteiger partial charge on any atom is -0.348 e. The third-order valence-electron chi connectivity index (χ3n) is 2.59. The minimum absolute atomic E-state index is 0.0317.